The normalized spacial score (nSPS) is 10.8. The summed E-state index contributed by atoms with van der Waals surface area (Å²) in [5.41, 5.74) is 0. The molecule has 230 valence electrons. The number of carbonyl (C=O) groups is 2. The van der Waals surface area contributed by atoms with E-state index >= 15 is 0 Å². The van der Waals surface area contributed by atoms with E-state index in [1.54, 1.807) is 29.0 Å². The fourth-order valence-corrected chi connectivity index (χ4v) is 11.8. The van der Waals surface area contributed by atoms with Gasteiger partial charge in [0.05, 0.1) is 0 Å². The third kappa shape index (κ3) is 13.9. The second-order valence-corrected chi connectivity index (χ2v) is 18.2. The van der Waals surface area contributed by atoms with E-state index in [0.29, 0.717) is 0 Å². The molecule has 0 bridgehead atoms. The Morgan fingerprint density at radius 2 is 0.682 bits per heavy atom. The molecule has 0 aromatic heterocycles. The first-order valence-corrected chi connectivity index (χ1v) is 21.6. The van der Waals surface area contributed by atoms with E-state index in [-0.39, 0.29) is 10.5 Å². The first-order chi connectivity index (χ1) is 21.7. The maximum Gasteiger partial charge on any atom is 0.313 e. The molecule has 0 spiro atoms. The van der Waals surface area contributed by atoms with Crippen molar-refractivity contribution in [3.8, 4) is 0 Å². The molecule has 0 N–H and O–H groups in total. The second-order valence-electron chi connectivity index (χ2n) is 8.89. The van der Waals surface area contributed by atoms with Crippen LogP contribution in [0.3, 0.4) is 0 Å². The molecule has 0 aliphatic heterocycles. The van der Waals surface area contributed by atoms with Crippen LogP contribution in [0.4, 0.5) is 9.59 Å². The van der Waals surface area contributed by atoms with Crippen molar-refractivity contribution in [3.05, 3.63) is 121 Å². The van der Waals surface area contributed by atoms with Gasteiger partial charge in [-0.05, 0) is 61.4 Å². The van der Waals surface area contributed by atoms with Crippen LogP contribution in [0.2, 0.25) is 0 Å². The Morgan fingerprint density at radius 1 is 0.409 bits per heavy atom. The van der Waals surface area contributed by atoms with Crippen LogP contribution < -0.4 is 0 Å². The molecule has 44 heavy (non-hydrogen) atoms. The van der Waals surface area contributed by atoms with Crippen molar-refractivity contribution in [2.45, 2.75) is 45.3 Å². The molecule has 4 aromatic carbocycles. The summed E-state index contributed by atoms with van der Waals surface area (Å²) in [7, 11) is 5.86. The molecule has 0 aliphatic rings. The summed E-state index contributed by atoms with van der Waals surface area (Å²) in [6.07, 6.45) is 4.35. The van der Waals surface area contributed by atoms with Crippen LogP contribution in [0.25, 0.3) is 0 Å². The van der Waals surface area contributed by atoms with Gasteiger partial charge in [0.1, 0.15) is 0 Å². The van der Waals surface area contributed by atoms with Gasteiger partial charge in [0.15, 0.2) is 0 Å². The van der Waals surface area contributed by atoms with Crippen LogP contribution in [0.15, 0.2) is 141 Å². The van der Waals surface area contributed by atoms with Crippen molar-refractivity contribution in [2.24, 2.45) is 0 Å². The molecule has 0 atom stereocenters. The molecule has 0 fully saturated rings. The van der Waals surface area contributed by atoms with E-state index in [1.165, 1.54) is 69.4 Å². The third-order valence-electron chi connectivity index (χ3n) is 5.49. The summed E-state index contributed by atoms with van der Waals surface area (Å²) >= 11 is 5.82. The summed E-state index contributed by atoms with van der Waals surface area (Å²) in [5.74, 6) is 1.86. The lowest BCUT2D eigenvalue weighted by molar-refractivity contribution is 0.258. The molecule has 4 aromatic rings. The molecular formula is C32H32N2O2S8. The van der Waals surface area contributed by atoms with Crippen LogP contribution in [0, 0.1) is 0 Å². The minimum absolute atomic E-state index is 0.0284. The largest absolute Gasteiger partial charge is 0.313 e. The van der Waals surface area contributed by atoms with Gasteiger partial charge < -0.3 is 0 Å². The number of hydrogen-bond acceptors (Lipinski definition) is 10. The van der Waals surface area contributed by atoms with E-state index in [0.717, 1.165) is 56.8 Å². The molecule has 0 unspecified atom stereocenters. The lowest BCUT2D eigenvalue weighted by Crippen LogP contribution is -2.10. The van der Waals surface area contributed by atoms with Crippen molar-refractivity contribution in [3.63, 3.8) is 0 Å². The zero-order chi connectivity index (χ0) is 30.7. The number of benzene rings is 4. The predicted molar refractivity (Wildman–Crippen MR) is 202 cm³/mol. The number of unbranched alkanes of at least 4 members (excludes halogenated alkanes) is 3. The summed E-state index contributed by atoms with van der Waals surface area (Å²) in [5, 5.41) is 0.0568. The number of nitrogens with zero attached hydrogens (tertiary/aromatic N) is 2. The van der Waals surface area contributed by atoms with Crippen LogP contribution in [-0.2, 0) is 0 Å². The SMILES string of the molecule is O=C(SSCCCCCCSSC(=O)N(Sc1ccccc1)Sc1ccccc1)N(Sc1ccccc1)Sc1ccccc1. The van der Waals surface area contributed by atoms with Gasteiger partial charge in [-0.25, -0.2) is 7.42 Å². The van der Waals surface area contributed by atoms with Gasteiger partial charge in [0.25, 0.3) is 0 Å². The van der Waals surface area contributed by atoms with Gasteiger partial charge in [0, 0.05) is 100 Å². The van der Waals surface area contributed by atoms with Gasteiger partial charge in [-0.15, -0.1) is 0 Å². The highest BCUT2D eigenvalue weighted by Gasteiger charge is 2.20. The van der Waals surface area contributed by atoms with E-state index < -0.39 is 0 Å². The van der Waals surface area contributed by atoms with Gasteiger partial charge in [-0.2, -0.15) is 0 Å². The van der Waals surface area contributed by atoms with Crippen molar-refractivity contribution >= 4 is 101 Å². The minimum atomic E-state index is 0.0284. The predicted octanol–water partition coefficient (Wildman–Crippen LogP) is 13.0. The van der Waals surface area contributed by atoms with Crippen molar-refractivity contribution in [1.82, 2.24) is 7.42 Å². The maximum absolute atomic E-state index is 13.1. The molecular weight excluding hydrogens is 701 g/mol. The quantitative estimate of drug-likeness (QED) is 0.0595. The number of hydrogen-bond donors (Lipinski definition) is 0. The fraction of sp³-hybridized carbons (Fsp3) is 0.188. The molecule has 0 saturated carbocycles. The van der Waals surface area contributed by atoms with E-state index in [1.807, 2.05) is 121 Å². The highest BCUT2D eigenvalue weighted by Crippen LogP contribution is 2.41. The topological polar surface area (TPSA) is 40.6 Å². The van der Waals surface area contributed by atoms with Crippen molar-refractivity contribution < 1.29 is 9.59 Å². The van der Waals surface area contributed by atoms with E-state index in [4.69, 9.17) is 0 Å². The Hall–Kier alpha value is -1.38. The fourth-order valence-electron chi connectivity index (χ4n) is 3.42. The highest BCUT2D eigenvalue weighted by atomic mass is 33.1. The Bertz CT molecular complexity index is 1180. The zero-order valence-electron chi connectivity index (χ0n) is 23.8. The second kappa shape index (κ2) is 21.4. The van der Waals surface area contributed by atoms with Crippen LogP contribution in [-0.4, -0.2) is 29.4 Å². The number of amides is 2. The molecule has 0 saturated heterocycles. The third-order valence-corrected chi connectivity index (χ3v) is 14.5. The average Bonchev–Trinajstić information content (AvgIpc) is 3.06. The summed E-state index contributed by atoms with van der Waals surface area (Å²) in [4.78, 5) is 30.2. The average molecular weight is 733 g/mol. The van der Waals surface area contributed by atoms with Gasteiger partial charge >= 0.3 is 10.5 Å². The Labute approximate surface area is 294 Å². The van der Waals surface area contributed by atoms with Gasteiger partial charge in [-0.3, -0.25) is 9.59 Å². The number of carbonyl (C=O) groups excluding carboxylic acids is 2. The summed E-state index contributed by atoms with van der Waals surface area (Å²) in [6, 6.07) is 40.0. The first-order valence-electron chi connectivity index (χ1n) is 13.9. The zero-order valence-corrected chi connectivity index (χ0v) is 30.3. The first kappa shape index (κ1) is 35.5. The molecule has 2 amide bonds. The van der Waals surface area contributed by atoms with Crippen LogP contribution in [0.1, 0.15) is 25.7 Å². The molecule has 4 rings (SSSR count). The standard InChI is InChI=1S/C32H32N2O2S8/c35-31(33(39-27-17-7-3-8-18-27)40-28-19-9-4-10-20-28)43-37-25-15-1-2-16-26-38-44-32(36)34(41-29-21-11-5-12-22-29)42-30-23-13-6-14-24-30/h3-14,17-24H,1-2,15-16,25-26H2. The molecule has 0 radical (unpaired) electrons. The molecule has 12 heteroatoms. The Kier molecular flexibility index (Phi) is 17.3. The van der Waals surface area contributed by atoms with Gasteiger partial charge in [0.2, 0.25) is 0 Å². The minimum Gasteiger partial charge on any atom is -0.259 e. The van der Waals surface area contributed by atoms with E-state index in [2.05, 4.69) is 0 Å². The van der Waals surface area contributed by atoms with Gasteiger partial charge in [-0.1, -0.05) is 107 Å². The van der Waals surface area contributed by atoms with Crippen molar-refractivity contribution in [1.29, 1.82) is 0 Å². The maximum atomic E-state index is 13.1. The Balaban J connectivity index is 1.10. The van der Waals surface area contributed by atoms with Crippen LogP contribution >= 0.6 is 91.0 Å². The number of rotatable bonds is 17. The molecule has 0 aliphatic carbocycles. The van der Waals surface area contributed by atoms with Crippen LogP contribution in [0.5, 0.6) is 0 Å². The summed E-state index contributed by atoms with van der Waals surface area (Å²) in [6.45, 7) is 0. The molecule has 4 nitrogen and oxygen atoms in total. The smallest absolute Gasteiger partial charge is 0.259 e. The van der Waals surface area contributed by atoms with E-state index in [9.17, 15) is 9.59 Å². The Morgan fingerprint density at radius 3 is 0.955 bits per heavy atom. The highest BCUT2D eigenvalue weighted by molar-refractivity contribution is 8.82. The van der Waals surface area contributed by atoms with Crippen molar-refractivity contribution in [2.75, 3.05) is 11.5 Å². The lowest BCUT2D eigenvalue weighted by atomic mass is 10.2. The molecule has 0 heterocycles. The monoisotopic (exact) mass is 732 g/mol. The lowest BCUT2D eigenvalue weighted by Gasteiger charge is -2.19. The summed E-state index contributed by atoms with van der Waals surface area (Å²) < 4.78 is 3.52.